The van der Waals surface area contributed by atoms with Gasteiger partial charge in [0.1, 0.15) is 4.90 Å². The number of hydrogen-bond donors (Lipinski definition) is 2. The molecule has 16 heavy (non-hydrogen) atoms. The van der Waals surface area contributed by atoms with Crippen LogP contribution in [0.15, 0.2) is 23.1 Å². The number of nitrogen functional groups attached to an aromatic ring is 1. The molecule has 0 aromatic heterocycles. The van der Waals surface area contributed by atoms with Gasteiger partial charge in [0.05, 0.1) is 5.02 Å². The molecular weight excluding hydrogens is 248 g/mol. The molecule has 1 aromatic carbocycles. The second-order valence-corrected chi connectivity index (χ2v) is 5.71. The summed E-state index contributed by atoms with van der Waals surface area (Å²) in [5, 5.41) is 0.135. The predicted molar refractivity (Wildman–Crippen MR) is 65.9 cm³/mol. The third-order valence-corrected chi connectivity index (χ3v) is 4.29. The number of rotatable bonds is 4. The van der Waals surface area contributed by atoms with Crippen LogP contribution in [0.2, 0.25) is 5.02 Å². The van der Waals surface area contributed by atoms with Crippen molar-refractivity contribution in [2.24, 2.45) is 0 Å². The Morgan fingerprint density at radius 2 is 2.12 bits per heavy atom. The molecule has 0 fully saturated rings. The molecule has 0 heterocycles. The van der Waals surface area contributed by atoms with E-state index in [1.807, 2.05) is 6.92 Å². The Bertz CT molecular complexity index is 474. The summed E-state index contributed by atoms with van der Waals surface area (Å²) in [5.41, 5.74) is 5.94. The average Bonchev–Trinajstić information content (AvgIpc) is 2.16. The quantitative estimate of drug-likeness (QED) is 0.816. The molecule has 1 unspecified atom stereocenters. The third kappa shape index (κ3) is 3.10. The summed E-state index contributed by atoms with van der Waals surface area (Å²) in [7, 11) is -3.56. The van der Waals surface area contributed by atoms with Gasteiger partial charge in [0.15, 0.2) is 0 Å². The van der Waals surface area contributed by atoms with E-state index in [4.69, 9.17) is 17.3 Å². The van der Waals surface area contributed by atoms with E-state index in [0.717, 1.165) is 0 Å². The van der Waals surface area contributed by atoms with E-state index < -0.39 is 10.0 Å². The molecule has 4 nitrogen and oxygen atoms in total. The van der Waals surface area contributed by atoms with Crippen LogP contribution in [0.1, 0.15) is 20.3 Å². The van der Waals surface area contributed by atoms with E-state index in [1.54, 1.807) is 6.92 Å². The minimum atomic E-state index is -3.56. The van der Waals surface area contributed by atoms with Crippen LogP contribution in [-0.2, 0) is 10.0 Å². The standard InChI is InChI=1S/C10H15ClN2O2S/c1-3-7(2)13-16(14,15)10-5-4-8(12)6-9(10)11/h4-7,13H,3,12H2,1-2H3. The number of hydrogen-bond acceptors (Lipinski definition) is 3. The van der Waals surface area contributed by atoms with Gasteiger partial charge in [0.25, 0.3) is 0 Å². The maximum atomic E-state index is 11.9. The highest BCUT2D eigenvalue weighted by molar-refractivity contribution is 7.89. The molecule has 0 aliphatic carbocycles. The maximum Gasteiger partial charge on any atom is 0.242 e. The lowest BCUT2D eigenvalue weighted by Crippen LogP contribution is -2.32. The van der Waals surface area contributed by atoms with Crippen LogP contribution in [0.5, 0.6) is 0 Å². The molecule has 3 N–H and O–H groups in total. The molecule has 90 valence electrons. The van der Waals surface area contributed by atoms with Crippen LogP contribution in [-0.4, -0.2) is 14.5 Å². The summed E-state index contributed by atoms with van der Waals surface area (Å²) in [6.45, 7) is 3.69. The van der Waals surface area contributed by atoms with Gasteiger partial charge in [-0.2, -0.15) is 0 Å². The Kier molecular flexibility index (Phi) is 4.18. The Morgan fingerprint density at radius 3 is 2.62 bits per heavy atom. The fourth-order valence-electron chi connectivity index (χ4n) is 1.15. The average molecular weight is 263 g/mol. The molecule has 0 bridgehead atoms. The van der Waals surface area contributed by atoms with E-state index >= 15 is 0 Å². The van der Waals surface area contributed by atoms with Gasteiger partial charge in [-0.15, -0.1) is 0 Å². The minimum Gasteiger partial charge on any atom is -0.399 e. The van der Waals surface area contributed by atoms with Crippen LogP contribution < -0.4 is 10.5 Å². The van der Waals surface area contributed by atoms with Gasteiger partial charge in [0.2, 0.25) is 10.0 Å². The number of nitrogens with two attached hydrogens (primary N) is 1. The number of anilines is 1. The highest BCUT2D eigenvalue weighted by Crippen LogP contribution is 2.23. The van der Waals surface area contributed by atoms with Crippen molar-refractivity contribution >= 4 is 27.3 Å². The molecule has 1 rings (SSSR count). The zero-order valence-corrected chi connectivity index (χ0v) is 10.8. The molecule has 6 heteroatoms. The second-order valence-electron chi connectivity index (χ2n) is 3.62. The molecule has 0 radical (unpaired) electrons. The van der Waals surface area contributed by atoms with Crippen LogP contribution in [0.4, 0.5) is 5.69 Å². The van der Waals surface area contributed by atoms with E-state index in [-0.39, 0.29) is 16.0 Å². The topological polar surface area (TPSA) is 72.2 Å². The number of halogens is 1. The number of sulfonamides is 1. The fraction of sp³-hybridized carbons (Fsp3) is 0.400. The lowest BCUT2D eigenvalue weighted by Gasteiger charge is -2.13. The van der Waals surface area contributed by atoms with Gasteiger partial charge >= 0.3 is 0 Å². The lowest BCUT2D eigenvalue weighted by atomic mass is 10.3. The van der Waals surface area contributed by atoms with E-state index in [0.29, 0.717) is 12.1 Å². The van der Waals surface area contributed by atoms with Gasteiger partial charge in [-0.25, -0.2) is 13.1 Å². The lowest BCUT2D eigenvalue weighted by molar-refractivity contribution is 0.556. The highest BCUT2D eigenvalue weighted by atomic mass is 35.5. The summed E-state index contributed by atoms with van der Waals surface area (Å²) in [4.78, 5) is 0.0590. The molecular formula is C10H15ClN2O2S. The van der Waals surface area contributed by atoms with Gasteiger partial charge in [0, 0.05) is 11.7 Å². The van der Waals surface area contributed by atoms with Gasteiger partial charge in [-0.05, 0) is 31.5 Å². The number of nitrogens with one attached hydrogen (secondary N) is 1. The van der Waals surface area contributed by atoms with Crippen molar-refractivity contribution in [3.63, 3.8) is 0 Å². The molecule has 0 saturated heterocycles. The molecule has 0 amide bonds. The van der Waals surface area contributed by atoms with Crippen LogP contribution in [0.3, 0.4) is 0 Å². The van der Waals surface area contributed by atoms with Gasteiger partial charge < -0.3 is 5.73 Å². The zero-order chi connectivity index (χ0) is 12.3. The first-order valence-electron chi connectivity index (χ1n) is 4.94. The molecule has 0 aliphatic heterocycles. The Hall–Kier alpha value is -0.780. The van der Waals surface area contributed by atoms with Crippen molar-refractivity contribution in [2.45, 2.75) is 31.2 Å². The molecule has 1 atom stereocenters. The summed E-state index contributed by atoms with van der Waals surface area (Å²) in [6.07, 6.45) is 0.714. The molecule has 0 aliphatic rings. The second kappa shape index (κ2) is 5.03. The Morgan fingerprint density at radius 1 is 1.50 bits per heavy atom. The van der Waals surface area contributed by atoms with Crippen LogP contribution in [0, 0.1) is 0 Å². The van der Waals surface area contributed by atoms with Gasteiger partial charge in [-0.1, -0.05) is 18.5 Å². The van der Waals surface area contributed by atoms with Crippen molar-refractivity contribution in [3.05, 3.63) is 23.2 Å². The Balaban J connectivity index is 3.08. The molecule has 0 spiro atoms. The number of benzene rings is 1. The first-order chi connectivity index (χ1) is 7.36. The van der Waals surface area contributed by atoms with E-state index in [2.05, 4.69) is 4.72 Å². The summed E-state index contributed by atoms with van der Waals surface area (Å²) in [6, 6.07) is 4.21. The van der Waals surface area contributed by atoms with Crippen molar-refractivity contribution in [3.8, 4) is 0 Å². The summed E-state index contributed by atoms with van der Waals surface area (Å²) >= 11 is 5.84. The van der Waals surface area contributed by atoms with Crippen LogP contribution in [0.25, 0.3) is 0 Å². The van der Waals surface area contributed by atoms with E-state index in [9.17, 15) is 8.42 Å². The monoisotopic (exact) mass is 262 g/mol. The first kappa shape index (κ1) is 13.3. The summed E-state index contributed by atoms with van der Waals surface area (Å²) < 4.78 is 26.3. The smallest absolute Gasteiger partial charge is 0.242 e. The Labute approximate surface area is 101 Å². The molecule has 0 saturated carbocycles. The molecule has 1 aromatic rings. The summed E-state index contributed by atoms with van der Waals surface area (Å²) in [5.74, 6) is 0. The van der Waals surface area contributed by atoms with Crippen molar-refractivity contribution in [1.82, 2.24) is 4.72 Å². The minimum absolute atomic E-state index is 0.0590. The third-order valence-electron chi connectivity index (χ3n) is 2.21. The zero-order valence-electron chi connectivity index (χ0n) is 9.20. The van der Waals surface area contributed by atoms with E-state index in [1.165, 1.54) is 18.2 Å². The van der Waals surface area contributed by atoms with Crippen molar-refractivity contribution in [1.29, 1.82) is 0 Å². The predicted octanol–water partition coefficient (Wildman–Crippen LogP) is 2.00. The normalized spacial score (nSPS) is 13.7. The SMILES string of the molecule is CCC(C)NS(=O)(=O)c1ccc(N)cc1Cl. The van der Waals surface area contributed by atoms with Crippen molar-refractivity contribution in [2.75, 3.05) is 5.73 Å². The van der Waals surface area contributed by atoms with Crippen LogP contribution >= 0.6 is 11.6 Å². The van der Waals surface area contributed by atoms with Crippen molar-refractivity contribution < 1.29 is 8.42 Å². The maximum absolute atomic E-state index is 11.9. The first-order valence-corrected chi connectivity index (χ1v) is 6.80. The van der Waals surface area contributed by atoms with Gasteiger partial charge in [-0.3, -0.25) is 0 Å². The highest BCUT2D eigenvalue weighted by Gasteiger charge is 2.19. The largest absolute Gasteiger partial charge is 0.399 e. The fourth-order valence-corrected chi connectivity index (χ4v) is 3.03.